The lowest BCUT2D eigenvalue weighted by Crippen LogP contribution is -2.23. The molecule has 0 bridgehead atoms. The Hall–Kier alpha value is -4.04. The molecule has 0 saturated heterocycles. The number of amides is 1. The summed E-state index contributed by atoms with van der Waals surface area (Å²) in [5.74, 6) is -0.517. The summed E-state index contributed by atoms with van der Waals surface area (Å²) in [6.07, 6.45) is 0. The first-order valence-corrected chi connectivity index (χ1v) is 13.6. The van der Waals surface area contributed by atoms with E-state index in [1.165, 1.54) is 17.4 Å². The summed E-state index contributed by atoms with van der Waals surface area (Å²) in [5.41, 5.74) is 11.1. The van der Waals surface area contributed by atoms with Crippen molar-refractivity contribution in [2.45, 2.75) is 19.6 Å². The van der Waals surface area contributed by atoms with Crippen LogP contribution in [0.3, 0.4) is 0 Å². The summed E-state index contributed by atoms with van der Waals surface area (Å²) in [6.45, 7) is 1.23. The molecule has 5 aromatic rings. The summed E-state index contributed by atoms with van der Waals surface area (Å²) < 4.78 is 14.9. The second-order valence-electron chi connectivity index (χ2n) is 8.94. The third-order valence-electron chi connectivity index (χ3n) is 6.25. The molecular weight excluding hydrogens is 531 g/mol. The van der Waals surface area contributed by atoms with Gasteiger partial charge in [0.2, 0.25) is 0 Å². The van der Waals surface area contributed by atoms with Crippen LogP contribution in [0.15, 0.2) is 102 Å². The fourth-order valence-electron chi connectivity index (χ4n) is 4.20. The molecule has 1 amide bonds. The molecule has 0 fully saturated rings. The Balaban J connectivity index is 1.34. The van der Waals surface area contributed by atoms with Crippen molar-refractivity contribution in [3.05, 3.63) is 136 Å². The second kappa shape index (κ2) is 12.2. The average molecular weight is 557 g/mol. The van der Waals surface area contributed by atoms with Gasteiger partial charge in [-0.05, 0) is 47.0 Å². The van der Waals surface area contributed by atoms with Crippen LogP contribution in [-0.2, 0) is 19.6 Å². The number of hydrogen-bond acceptors (Lipinski definition) is 5. The number of carbonyl (C=O) groups is 1. The highest BCUT2D eigenvalue weighted by atomic mass is 35.5. The van der Waals surface area contributed by atoms with Gasteiger partial charge in [0.1, 0.15) is 5.82 Å². The van der Waals surface area contributed by atoms with Crippen LogP contribution in [0.25, 0.3) is 11.3 Å². The number of thiazole rings is 1. The number of hydrogen-bond donors (Lipinski definition) is 2. The largest absolute Gasteiger partial charge is 0.348 e. The molecule has 0 radical (unpaired) electrons. The topological polar surface area (TPSA) is 71.2 Å². The molecule has 1 heterocycles. The van der Waals surface area contributed by atoms with Gasteiger partial charge in [-0.15, -0.1) is 11.3 Å². The molecule has 3 N–H and O–H groups in total. The van der Waals surface area contributed by atoms with E-state index >= 15 is 0 Å². The van der Waals surface area contributed by atoms with Crippen LogP contribution < -0.4 is 16.0 Å². The zero-order valence-electron chi connectivity index (χ0n) is 21.0. The minimum atomic E-state index is -0.346. The van der Waals surface area contributed by atoms with Gasteiger partial charge in [-0.25, -0.2) is 9.37 Å². The number of nitrogens with two attached hydrogens (primary N) is 1. The minimum absolute atomic E-state index is 0.171. The zero-order chi connectivity index (χ0) is 27.2. The molecule has 5 nitrogen and oxygen atoms in total. The fraction of sp³-hybridized carbons (Fsp3) is 0.0968. The van der Waals surface area contributed by atoms with E-state index in [1.54, 1.807) is 30.3 Å². The molecule has 196 valence electrons. The maximum Gasteiger partial charge on any atom is 0.251 e. The van der Waals surface area contributed by atoms with Crippen LogP contribution in [0.5, 0.6) is 0 Å². The van der Waals surface area contributed by atoms with Crippen molar-refractivity contribution in [2.75, 3.05) is 4.90 Å². The number of carbonyl (C=O) groups excluding carboxylic acids is 1. The van der Waals surface area contributed by atoms with Crippen LogP contribution in [0, 0.1) is 5.82 Å². The Morgan fingerprint density at radius 3 is 2.44 bits per heavy atom. The molecule has 4 aromatic carbocycles. The monoisotopic (exact) mass is 556 g/mol. The molecule has 0 aliphatic carbocycles. The molecule has 0 unspecified atom stereocenters. The molecule has 0 spiro atoms. The lowest BCUT2D eigenvalue weighted by Gasteiger charge is -2.23. The predicted molar refractivity (Wildman–Crippen MR) is 157 cm³/mol. The van der Waals surface area contributed by atoms with Gasteiger partial charge in [-0.1, -0.05) is 78.3 Å². The Kier molecular flexibility index (Phi) is 8.32. The van der Waals surface area contributed by atoms with Crippen molar-refractivity contribution in [1.29, 1.82) is 0 Å². The average Bonchev–Trinajstić information content (AvgIpc) is 3.45. The van der Waals surface area contributed by atoms with Gasteiger partial charge < -0.3 is 16.0 Å². The number of nitrogens with one attached hydrogen (secondary N) is 1. The van der Waals surface area contributed by atoms with E-state index in [0.717, 1.165) is 27.9 Å². The molecule has 0 atom stereocenters. The standard InChI is InChI=1S/C31H26ClFN4OS/c32-26-9-2-1-8-25(26)28-20-39-31(36-28)37(29-11-4-3-10-27(29)33)19-21-12-14-24(15-13-21)30(38)35-18-23-7-5-6-22(16-23)17-34/h1-16,20H,17-19,34H2,(H,35,38). The van der Waals surface area contributed by atoms with E-state index in [1.807, 2.05) is 70.9 Å². The summed E-state index contributed by atoms with van der Waals surface area (Å²) in [7, 11) is 0. The fourth-order valence-corrected chi connectivity index (χ4v) is 5.27. The molecule has 1 aromatic heterocycles. The normalized spacial score (nSPS) is 10.8. The predicted octanol–water partition coefficient (Wildman–Crippen LogP) is 7.33. The SMILES string of the molecule is NCc1cccc(CNC(=O)c2ccc(CN(c3nc(-c4ccccc4Cl)cs3)c3ccccc3F)cc2)c1. The molecule has 0 aliphatic rings. The summed E-state index contributed by atoms with van der Waals surface area (Å²) >= 11 is 7.80. The highest BCUT2D eigenvalue weighted by Crippen LogP contribution is 2.36. The molecular formula is C31H26ClFN4OS. The van der Waals surface area contributed by atoms with E-state index in [9.17, 15) is 9.18 Å². The van der Waals surface area contributed by atoms with Crippen LogP contribution in [0.1, 0.15) is 27.0 Å². The number of halogens is 2. The van der Waals surface area contributed by atoms with Gasteiger partial charge in [-0.2, -0.15) is 0 Å². The number of para-hydroxylation sites is 1. The first-order chi connectivity index (χ1) is 19.0. The first kappa shape index (κ1) is 26.6. The molecule has 39 heavy (non-hydrogen) atoms. The molecule has 0 aliphatic heterocycles. The number of rotatable bonds is 9. The third-order valence-corrected chi connectivity index (χ3v) is 7.45. The van der Waals surface area contributed by atoms with Gasteiger partial charge in [0.25, 0.3) is 5.91 Å². The quantitative estimate of drug-likeness (QED) is 0.199. The lowest BCUT2D eigenvalue weighted by molar-refractivity contribution is 0.0951. The van der Waals surface area contributed by atoms with Crippen molar-refractivity contribution in [1.82, 2.24) is 10.3 Å². The Bertz CT molecular complexity index is 1590. The van der Waals surface area contributed by atoms with Gasteiger partial charge in [0.05, 0.1) is 17.9 Å². The number of nitrogens with zero attached hydrogens (tertiary/aromatic N) is 2. The first-order valence-electron chi connectivity index (χ1n) is 12.4. The number of aromatic nitrogens is 1. The van der Waals surface area contributed by atoms with Crippen LogP contribution in [0.4, 0.5) is 15.2 Å². The summed E-state index contributed by atoms with van der Waals surface area (Å²) in [4.78, 5) is 19.4. The second-order valence-corrected chi connectivity index (χ2v) is 10.2. The zero-order valence-corrected chi connectivity index (χ0v) is 22.6. The Morgan fingerprint density at radius 2 is 1.67 bits per heavy atom. The molecule has 5 rings (SSSR count). The maximum atomic E-state index is 14.9. The van der Waals surface area contributed by atoms with Crippen LogP contribution >= 0.6 is 22.9 Å². The van der Waals surface area contributed by atoms with Crippen LogP contribution in [0.2, 0.25) is 5.02 Å². The van der Waals surface area contributed by atoms with Crippen molar-refractivity contribution in [3.63, 3.8) is 0 Å². The van der Waals surface area contributed by atoms with Gasteiger partial charge >= 0.3 is 0 Å². The summed E-state index contributed by atoms with van der Waals surface area (Å²) in [6, 6.07) is 29.2. The van der Waals surface area contributed by atoms with Crippen molar-refractivity contribution < 1.29 is 9.18 Å². The van der Waals surface area contributed by atoms with Crippen LogP contribution in [-0.4, -0.2) is 10.9 Å². The number of benzene rings is 4. The van der Waals surface area contributed by atoms with Crippen molar-refractivity contribution in [2.24, 2.45) is 5.73 Å². The van der Waals surface area contributed by atoms with Gasteiger partial charge in [-0.3, -0.25) is 4.79 Å². The highest BCUT2D eigenvalue weighted by Gasteiger charge is 2.19. The molecule has 8 heteroatoms. The highest BCUT2D eigenvalue weighted by molar-refractivity contribution is 7.14. The maximum absolute atomic E-state index is 14.9. The Labute approximate surface area is 235 Å². The van der Waals surface area contributed by atoms with Gasteiger partial charge in [0, 0.05) is 34.6 Å². The molecule has 0 saturated carbocycles. The van der Waals surface area contributed by atoms with E-state index < -0.39 is 0 Å². The van der Waals surface area contributed by atoms with E-state index in [0.29, 0.717) is 41.0 Å². The minimum Gasteiger partial charge on any atom is -0.348 e. The van der Waals surface area contributed by atoms with Crippen molar-refractivity contribution in [3.8, 4) is 11.3 Å². The Morgan fingerprint density at radius 1 is 0.923 bits per heavy atom. The number of anilines is 2. The summed E-state index contributed by atoms with van der Waals surface area (Å²) in [5, 5.41) is 6.11. The van der Waals surface area contributed by atoms with Gasteiger partial charge in [0.15, 0.2) is 5.13 Å². The lowest BCUT2D eigenvalue weighted by atomic mass is 10.1. The van der Waals surface area contributed by atoms with E-state index in [-0.39, 0.29) is 11.7 Å². The van der Waals surface area contributed by atoms with Crippen molar-refractivity contribution >= 4 is 39.7 Å². The van der Waals surface area contributed by atoms with E-state index in [4.69, 9.17) is 22.3 Å². The van der Waals surface area contributed by atoms with E-state index in [2.05, 4.69) is 5.32 Å². The smallest absolute Gasteiger partial charge is 0.251 e. The third kappa shape index (κ3) is 6.34.